The van der Waals surface area contributed by atoms with Crippen LogP contribution in [0.1, 0.15) is 27.2 Å². The van der Waals surface area contributed by atoms with Crippen LogP contribution in [-0.4, -0.2) is 47.8 Å². The average molecular weight is 186 g/mol. The number of hydrogen-bond donors (Lipinski definition) is 2. The largest absolute Gasteiger partial charge is 0.392 e. The highest BCUT2D eigenvalue weighted by atomic mass is 16.3. The van der Waals surface area contributed by atoms with Crippen molar-refractivity contribution in [3.05, 3.63) is 0 Å². The van der Waals surface area contributed by atoms with Gasteiger partial charge in [0.05, 0.1) is 6.10 Å². The van der Waals surface area contributed by atoms with E-state index in [0.717, 1.165) is 13.1 Å². The summed E-state index contributed by atoms with van der Waals surface area (Å²) in [6.45, 7) is 9.33. The van der Waals surface area contributed by atoms with Crippen LogP contribution in [0.2, 0.25) is 0 Å². The molecule has 0 radical (unpaired) electrons. The molecule has 0 aliphatic carbocycles. The fourth-order valence-electron chi connectivity index (χ4n) is 1.76. The fourth-order valence-corrected chi connectivity index (χ4v) is 1.76. The van der Waals surface area contributed by atoms with Gasteiger partial charge >= 0.3 is 0 Å². The van der Waals surface area contributed by atoms with Gasteiger partial charge in [0, 0.05) is 25.2 Å². The minimum Gasteiger partial charge on any atom is -0.392 e. The molecular formula is C10H22N2O. The second-order valence-electron chi connectivity index (χ2n) is 4.33. The molecule has 13 heavy (non-hydrogen) atoms. The minimum absolute atomic E-state index is 0.229. The van der Waals surface area contributed by atoms with E-state index in [1.807, 2.05) is 6.92 Å². The van der Waals surface area contributed by atoms with E-state index in [4.69, 9.17) is 5.11 Å². The monoisotopic (exact) mass is 186 g/mol. The summed E-state index contributed by atoms with van der Waals surface area (Å²) in [6.07, 6.45) is 0.985. The first kappa shape index (κ1) is 11.0. The van der Waals surface area contributed by atoms with Crippen LogP contribution < -0.4 is 5.32 Å². The number of aliphatic hydroxyl groups is 1. The van der Waals surface area contributed by atoms with Crippen molar-refractivity contribution in [1.29, 1.82) is 0 Å². The predicted molar refractivity (Wildman–Crippen MR) is 54.8 cm³/mol. The van der Waals surface area contributed by atoms with E-state index in [0.29, 0.717) is 12.1 Å². The molecule has 1 aliphatic rings. The third kappa shape index (κ3) is 3.63. The Morgan fingerprint density at radius 3 is 2.62 bits per heavy atom. The molecule has 0 aromatic carbocycles. The number of hydrogen-bond acceptors (Lipinski definition) is 3. The van der Waals surface area contributed by atoms with E-state index >= 15 is 0 Å². The van der Waals surface area contributed by atoms with Crippen molar-refractivity contribution in [2.45, 2.75) is 45.4 Å². The lowest BCUT2D eigenvalue weighted by atomic mass is 10.2. The van der Waals surface area contributed by atoms with Crippen LogP contribution >= 0.6 is 0 Å². The molecule has 1 heterocycles. The Balaban J connectivity index is 2.17. The van der Waals surface area contributed by atoms with Gasteiger partial charge in [0.15, 0.2) is 0 Å². The Bertz CT molecular complexity index is 148. The van der Waals surface area contributed by atoms with Gasteiger partial charge in [0.25, 0.3) is 0 Å². The van der Waals surface area contributed by atoms with E-state index < -0.39 is 0 Å². The van der Waals surface area contributed by atoms with Crippen molar-refractivity contribution >= 4 is 0 Å². The Kier molecular flexibility index (Phi) is 4.16. The zero-order valence-electron chi connectivity index (χ0n) is 8.95. The molecule has 0 bridgehead atoms. The average Bonchev–Trinajstić information content (AvgIpc) is 2.48. The summed E-state index contributed by atoms with van der Waals surface area (Å²) in [6, 6.07) is 1.23. The quantitative estimate of drug-likeness (QED) is 0.669. The van der Waals surface area contributed by atoms with E-state index in [2.05, 4.69) is 24.1 Å². The number of likely N-dealkylation sites (tertiary alicyclic amines) is 1. The number of nitrogens with one attached hydrogen (secondary N) is 1. The molecule has 78 valence electrons. The molecule has 1 unspecified atom stereocenters. The van der Waals surface area contributed by atoms with E-state index in [1.54, 1.807) is 0 Å². The molecule has 2 N–H and O–H groups in total. The summed E-state index contributed by atoms with van der Waals surface area (Å²) in [5.41, 5.74) is 0. The highest BCUT2D eigenvalue weighted by Gasteiger charge is 2.23. The molecule has 0 amide bonds. The second kappa shape index (κ2) is 4.94. The van der Waals surface area contributed by atoms with Gasteiger partial charge in [0.1, 0.15) is 0 Å². The van der Waals surface area contributed by atoms with Crippen molar-refractivity contribution in [2.24, 2.45) is 0 Å². The van der Waals surface area contributed by atoms with Crippen molar-refractivity contribution in [2.75, 3.05) is 19.6 Å². The highest BCUT2D eigenvalue weighted by Crippen LogP contribution is 2.11. The fraction of sp³-hybridized carbons (Fsp3) is 1.00. The molecule has 0 spiro atoms. The highest BCUT2D eigenvalue weighted by molar-refractivity contribution is 4.82. The van der Waals surface area contributed by atoms with Crippen molar-refractivity contribution < 1.29 is 5.11 Å². The SMILES string of the molecule is CC(C)N1CCC(NC[C@H](C)O)C1. The summed E-state index contributed by atoms with van der Waals surface area (Å²) in [5.74, 6) is 0. The van der Waals surface area contributed by atoms with Crippen LogP contribution in [0.4, 0.5) is 0 Å². The summed E-state index contributed by atoms with van der Waals surface area (Å²) >= 11 is 0. The first-order valence-electron chi connectivity index (χ1n) is 5.25. The van der Waals surface area contributed by atoms with Gasteiger partial charge in [-0.15, -0.1) is 0 Å². The van der Waals surface area contributed by atoms with Gasteiger partial charge < -0.3 is 10.4 Å². The maximum atomic E-state index is 9.11. The molecule has 0 aromatic heterocycles. The van der Waals surface area contributed by atoms with Gasteiger partial charge in [-0.05, 0) is 33.7 Å². The Morgan fingerprint density at radius 2 is 2.15 bits per heavy atom. The first-order valence-corrected chi connectivity index (χ1v) is 5.25. The lowest BCUT2D eigenvalue weighted by Crippen LogP contribution is -2.38. The number of nitrogens with zero attached hydrogens (tertiary/aromatic N) is 1. The minimum atomic E-state index is -0.229. The first-order chi connectivity index (χ1) is 6.09. The Morgan fingerprint density at radius 1 is 1.46 bits per heavy atom. The van der Waals surface area contributed by atoms with Gasteiger partial charge in [-0.1, -0.05) is 0 Å². The van der Waals surface area contributed by atoms with Crippen molar-refractivity contribution in [3.8, 4) is 0 Å². The molecule has 1 aliphatic heterocycles. The number of rotatable bonds is 4. The molecule has 3 heteroatoms. The Labute approximate surface area is 81.1 Å². The van der Waals surface area contributed by atoms with Gasteiger partial charge in [-0.2, -0.15) is 0 Å². The standard InChI is InChI=1S/C10H22N2O/c1-8(2)12-5-4-10(7-12)11-6-9(3)13/h8-11,13H,4-7H2,1-3H3/t9-,10?/m0/s1. The van der Waals surface area contributed by atoms with Crippen LogP contribution in [-0.2, 0) is 0 Å². The van der Waals surface area contributed by atoms with Crippen LogP contribution in [0.15, 0.2) is 0 Å². The maximum Gasteiger partial charge on any atom is 0.0636 e. The van der Waals surface area contributed by atoms with Crippen LogP contribution in [0, 0.1) is 0 Å². The summed E-state index contributed by atoms with van der Waals surface area (Å²) in [5, 5.41) is 12.5. The topological polar surface area (TPSA) is 35.5 Å². The van der Waals surface area contributed by atoms with E-state index in [9.17, 15) is 0 Å². The zero-order chi connectivity index (χ0) is 9.84. The third-order valence-electron chi connectivity index (χ3n) is 2.65. The molecule has 1 rings (SSSR count). The lowest BCUT2D eigenvalue weighted by Gasteiger charge is -2.20. The molecular weight excluding hydrogens is 164 g/mol. The summed E-state index contributed by atoms with van der Waals surface area (Å²) in [4.78, 5) is 2.47. The normalized spacial score (nSPS) is 27.0. The molecule has 3 nitrogen and oxygen atoms in total. The van der Waals surface area contributed by atoms with Crippen LogP contribution in [0.5, 0.6) is 0 Å². The van der Waals surface area contributed by atoms with Gasteiger partial charge in [-0.3, -0.25) is 4.90 Å². The van der Waals surface area contributed by atoms with Crippen LogP contribution in [0.25, 0.3) is 0 Å². The Hall–Kier alpha value is -0.120. The maximum absolute atomic E-state index is 9.11. The molecule has 2 atom stereocenters. The van der Waals surface area contributed by atoms with Crippen molar-refractivity contribution in [1.82, 2.24) is 10.2 Å². The van der Waals surface area contributed by atoms with E-state index in [-0.39, 0.29) is 6.10 Å². The smallest absolute Gasteiger partial charge is 0.0636 e. The number of aliphatic hydroxyl groups excluding tert-OH is 1. The molecule has 1 fully saturated rings. The summed E-state index contributed by atoms with van der Waals surface area (Å²) in [7, 11) is 0. The van der Waals surface area contributed by atoms with E-state index in [1.165, 1.54) is 13.0 Å². The third-order valence-corrected chi connectivity index (χ3v) is 2.65. The predicted octanol–water partition coefficient (Wildman–Crippen LogP) is 0.439. The van der Waals surface area contributed by atoms with Gasteiger partial charge in [-0.25, -0.2) is 0 Å². The van der Waals surface area contributed by atoms with Gasteiger partial charge in [0.2, 0.25) is 0 Å². The van der Waals surface area contributed by atoms with Crippen LogP contribution in [0.3, 0.4) is 0 Å². The zero-order valence-corrected chi connectivity index (χ0v) is 8.95. The second-order valence-corrected chi connectivity index (χ2v) is 4.33. The van der Waals surface area contributed by atoms with Crippen molar-refractivity contribution in [3.63, 3.8) is 0 Å². The molecule has 0 saturated carbocycles. The summed E-state index contributed by atoms with van der Waals surface area (Å²) < 4.78 is 0. The lowest BCUT2D eigenvalue weighted by molar-refractivity contribution is 0.184. The molecule has 1 saturated heterocycles. The molecule has 0 aromatic rings.